The molecular formula is C23H29N3O5. The highest BCUT2D eigenvalue weighted by Gasteiger charge is 2.37. The molecular weight excluding hydrogens is 398 g/mol. The van der Waals surface area contributed by atoms with Crippen LogP contribution in [0, 0.1) is 12.8 Å². The number of pyridine rings is 1. The minimum absolute atomic E-state index is 0.0290. The molecule has 2 bridgehead atoms. The molecule has 2 aromatic heterocycles. The minimum atomic E-state index is -0.250. The quantitative estimate of drug-likeness (QED) is 0.755. The van der Waals surface area contributed by atoms with Crippen LogP contribution in [0.4, 0.5) is 0 Å². The van der Waals surface area contributed by atoms with E-state index >= 15 is 0 Å². The van der Waals surface area contributed by atoms with E-state index in [9.17, 15) is 9.59 Å². The zero-order valence-corrected chi connectivity index (χ0v) is 17.8. The maximum absolute atomic E-state index is 13.1. The Hall–Kier alpha value is -2.87. The van der Waals surface area contributed by atoms with Gasteiger partial charge in [0.2, 0.25) is 0 Å². The van der Waals surface area contributed by atoms with E-state index < -0.39 is 0 Å². The van der Waals surface area contributed by atoms with Crippen molar-refractivity contribution in [3.63, 3.8) is 0 Å². The predicted octanol–water partition coefficient (Wildman–Crippen LogP) is 2.31. The van der Waals surface area contributed by atoms with Crippen LogP contribution >= 0.6 is 0 Å². The van der Waals surface area contributed by atoms with Crippen LogP contribution < -0.4 is 5.56 Å². The molecule has 1 amide bonds. The summed E-state index contributed by atoms with van der Waals surface area (Å²) in [5.74, 6) is 0.961. The van der Waals surface area contributed by atoms with Crippen molar-refractivity contribution < 1.29 is 19.1 Å². The van der Waals surface area contributed by atoms with Crippen molar-refractivity contribution in [2.24, 2.45) is 5.92 Å². The summed E-state index contributed by atoms with van der Waals surface area (Å²) in [6.45, 7) is 6.65. The van der Waals surface area contributed by atoms with Gasteiger partial charge >= 0.3 is 0 Å². The third kappa shape index (κ3) is 4.30. The zero-order chi connectivity index (χ0) is 22.0. The van der Waals surface area contributed by atoms with Crippen molar-refractivity contribution in [2.45, 2.75) is 45.2 Å². The van der Waals surface area contributed by atoms with Crippen LogP contribution in [0.3, 0.4) is 0 Å². The predicted molar refractivity (Wildman–Crippen MR) is 114 cm³/mol. The first-order valence-electron chi connectivity index (χ1n) is 10.9. The number of likely N-dealkylation sites (tertiary alicyclic amines) is 2. The first-order valence-corrected chi connectivity index (χ1v) is 10.9. The average Bonchev–Trinajstić information content (AvgIpc) is 3.42. The van der Waals surface area contributed by atoms with Gasteiger partial charge in [-0.2, -0.15) is 0 Å². The average molecular weight is 428 g/mol. The molecule has 5 heterocycles. The first kappa shape index (κ1) is 21.4. The number of rotatable bonds is 3. The summed E-state index contributed by atoms with van der Waals surface area (Å²) in [6.07, 6.45) is 5.08. The fourth-order valence-electron chi connectivity index (χ4n) is 5.19. The number of carbonyl (C=O) groups excluding carboxylic acids is 1. The maximum atomic E-state index is 13.1. The summed E-state index contributed by atoms with van der Waals surface area (Å²) in [4.78, 5) is 38.7. The van der Waals surface area contributed by atoms with Crippen molar-refractivity contribution in [3.05, 3.63) is 57.4 Å². The second-order valence-electron chi connectivity index (χ2n) is 8.73. The van der Waals surface area contributed by atoms with E-state index in [4.69, 9.17) is 14.3 Å². The largest absolute Gasteiger partial charge is 0.483 e. The summed E-state index contributed by atoms with van der Waals surface area (Å²) in [6, 6.07) is 5.97. The highest BCUT2D eigenvalue weighted by Crippen LogP contribution is 2.36. The van der Waals surface area contributed by atoms with Crippen LogP contribution in [0.5, 0.6) is 0 Å². The van der Waals surface area contributed by atoms with Gasteiger partial charge in [0.15, 0.2) is 5.76 Å². The van der Waals surface area contributed by atoms with Crippen LogP contribution in [0.1, 0.15) is 52.6 Å². The van der Waals surface area contributed by atoms with Gasteiger partial charge in [-0.1, -0.05) is 6.07 Å². The summed E-state index contributed by atoms with van der Waals surface area (Å²) in [5, 5.41) is 6.89. The molecule has 0 saturated carbocycles. The molecule has 2 saturated heterocycles. The number of hydrogen-bond donors (Lipinski definition) is 1. The number of furan rings is 1. The number of carbonyl (C=O) groups is 2. The molecule has 3 aliphatic heterocycles. The highest BCUT2D eigenvalue weighted by molar-refractivity contribution is 5.93. The second-order valence-corrected chi connectivity index (χ2v) is 8.73. The lowest BCUT2D eigenvalue weighted by Gasteiger charge is -2.42. The van der Waals surface area contributed by atoms with E-state index in [-0.39, 0.29) is 23.9 Å². The minimum Gasteiger partial charge on any atom is -0.483 e. The Kier molecular flexibility index (Phi) is 6.27. The lowest BCUT2D eigenvalue weighted by Crippen LogP contribution is -2.49. The molecule has 31 heavy (non-hydrogen) atoms. The molecule has 0 radical (unpaired) electrons. The van der Waals surface area contributed by atoms with Gasteiger partial charge < -0.3 is 19.0 Å². The highest BCUT2D eigenvalue weighted by atomic mass is 16.3. The smallest absolute Gasteiger partial charge is 0.290 e. The van der Waals surface area contributed by atoms with E-state index in [0.717, 1.165) is 42.9 Å². The Balaban J connectivity index is 0.000000730. The Morgan fingerprint density at radius 2 is 1.94 bits per heavy atom. The molecule has 2 aromatic rings. The molecule has 8 heteroatoms. The Bertz CT molecular complexity index is 1000. The van der Waals surface area contributed by atoms with Gasteiger partial charge in [-0.25, -0.2) is 0 Å². The standard InChI is InChI=1S/C22H27N3O3.CH2O2/c1-15-6-9-28-20(15)22(27)24-11-16-10-18(14-24)19-5-4-17(21(26)25(19)12-16)13-23-7-2-3-8-23;2-1-3/h4-6,9,16,18H,2-3,7-8,10-14H2,1H3;1H,(H,2,3)/t16-,18+;/m0./s1. The van der Waals surface area contributed by atoms with Gasteiger partial charge in [0.25, 0.3) is 17.9 Å². The van der Waals surface area contributed by atoms with Crippen molar-refractivity contribution >= 4 is 12.4 Å². The number of carboxylic acid groups (broad SMARTS) is 1. The topological polar surface area (TPSA) is 96.0 Å². The van der Waals surface area contributed by atoms with Crippen molar-refractivity contribution in [1.82, 2.24) is 14.4 Å². The monoisotopic (exact) mass is 427 g/mol. The molecule has 0 aromatic carbocycles. The fraction of sp³-hybridized carbons (Fsp3) is 0.522. The number of hydrogen-bond acceptors (Lipinski definition) is 5. The number of nitrogens with zero attached hydrogens (tertiary/aromatic N) is 3. The van der Waals surface area contributed by atoms with E-state index in [0.29, 0.717) is 31.3 Å². The normalized spacial score (nSPS) is 22.4. The summed E-state index contributed by atoms with van der Waals surface area (Å²) < 4.78 is 7.41. The molecule has 166 valence electrons. The van der Waals surface area contributed by atoms with Crippen molar-refractivity contribution in [1.29, 1.82) is 0 Å². The molecule has 2 fully saturated rings. The molecule has 2 atom stereocenters. The van der Waals surface area contributed by atoms with Gasteiger partial charge in [0.05, 0.1) is 6.26 Å². The Morgan fingerprint density at radius 3 is 2.61 bits per heavy atom. The molecule has 0 spiro atoms. The van der Waals surface area contributed by atoms with Crippen LogP contribution in [-0.4, -0.2) is 58.0 Å². The van der Waals surface area contributed by atoms with E-state index in [2.05, 4.69) is 11.0 Å². The summed E-state index contributed by atoms with van der Waals surface area (Å²) >= 11 is 0. The van der Waals surface area contributed by atoms with Gasteiger partial charge in [-0.05, 0) is 57.3 Å². The lowest BCUT2D eigenvalue weighted by molar-refractivity contribution is -0.122. The van der Waals surface area contributed by atoms with Gasteiger partial charge in [-0.15, -0.1) is 0 Å². The molecule has 5 rings (SSSR count). The fourth-order valence-corrected chi connectivity index (χ4v) is 5.19. The van der Waals surface area contributed by atoms with Gasteiger partial charge in [-0.3, -0.25) is 19.3 Å². The van der Waals surface area contributed by atoms with E-state index in [1.807, 2.05) is 28.5 Å². The second kappa shape index (κ2) is 9.09. The van der Waals surface area contributed by atoms with E-state index in [1.165, 1.54) is 12.8 Å². The molecule has 1 N–H and O–H groups in total. The molecule has 0 unspecified atom stereocenters. The summed E-state index contributed by atoms with van der Waals surface area (Å²) in [7, 11) is 0. The van der Waals surface area contributed by atoms with Crippen molar-refractivity contribution in [2.75, 3.05) is 26.2 Å². The zero-order valence-electron chi connectivity index (χ0n) is 17.8. The van der Waals surface area contributed by atoms with Crippen molar-refractivity contribution in [3.8, 4) is 0 Å². The van der Waals surface area contributed by atoms with Crippen LogP contribution in [0.2, 0.25) is 0 Å². The van der Waals surface area contributed by atoms with E-state index in [1.54, 1.807) is 6.26 Å². The molecule has 8 nitrogen and oxygen atoms in total. The molecule has 0 aliphatic carbocycles. The number of aromatic nitrogens is 1. The van der Waals surface area contributed by atoms with Gasteiger partial charge in [0, 0.05) is 48.9 Å². The first-order chi connectivity index (χ1) is 15.0. The van der Waals surface area contributed by atoms with Crippen LogP contribution in [0.25, 0.3) is 0 Å². The van der Waals surface area contributed by atoms with Crippen LogP contribution in [0.15, 0.2) is 33.7 Å². The lowest BCUT2D eigenvalue weighted by atomic mass is 9.82. The molecule has 3 aliphatic rings. The number of amides is 1. The number of fused-ring (bicyclic) bond motifs is 4. The third-order valence-electron chi connectivity index (χ3n) is 6.62. The number of piperidine rings is 1. The summed E-state index contributed by atoms with van der Waals surface area (Å²) in [5.41, 5.74) is 3.04. The Labute approximate surface area is 181 Å². The number of aryl methyl sites for hydroxylation is 1. The Morgan fingerprint density at radius 1 is 1.19 bits per heavy atom. The third-order valence-corrected chi connectivity index (χ3v) is 6.62. The van der Waals surface area contributed by atoms with Gasteiger partial charge in [0.1, 0.15) is 0 Å². The SMILES string of the molecule is Cc1ccoc1C(=O)N1C[C@@H]2C[C@H](C1)c1ccc(CN3CCCC3)c(=O)n1C2.O=CO. The maximum Gasteiger partial charge on any atom is 0.290 e. The van der Waals surface area contributed by atoms with Crippen LogP contribution in [-0.2, 0) is 17.9 Å².